The monoisotopic (exact) mass is 452 g/mol. The van der Waals surface area contributed by atoms with Gasteiger partial charge < -0.3 is 5.32 Å². The van der Waals surface area contributed by atoms with Crippen LogP contribution in [0.1, 0.15) is 15.9 Å². The number of anilines is 2. The first-order chi connectivity index (χ1) is 13.4. The number of aromatic nitrogens is 2. The van der Waals surface area contributed by atoms with Crippen LogP contribution in [0.4, 0.5) is 10.8 Å². The summed E-state index contributed by atoms with van der Waals surface area (Å²) in [6.07, 6.45) is 0. The summed E-state index contributed by atoms with van der Waals surface area (Å²) in [6, 6.07) is 12.1. The van der Waals surface area contributed by atoms with Gasteiger partial charge in [-0.05, 0) is 37.3 Å². The Kier molecular flexibility index (Phi) is 6.90. The van der Waals surface area contributed by atoms with Crippen LogP contribution in [0.3, 0.4) is 0 Å². The minimum Gasteiger partial charge on any atom is -0.325 e. The molecule has 6 nitrogen and oxygen atoms in total. The zero-order valence-electron chi connectivity index (χ0n) is 14.5. The minimum absolute atomic E-state index is 0.140. The van der Waals surface area contributed by atoms with Crippen molar-refractivity contribution in [2.45, 2.75) is 11.3 Å². The number of nitrogens with one attached hydrogen (secondary N) is 2. The highest BCUT2D eigenvalue weighted by molar-refractivity contribution is 8.01. The highest BCUT2D eigenvalue weighted by Crippen LogP contribution is 2.27. The number of hydrogen-bond acceptors (Lipinski definition) is 6. The number of carbonyl (C=O) groups excluding carboxylic acids is 2. The molecule has 0 saturated heterocycles. The highest BCUT2D eigenvalue weighted by Gasteiger charge is 2.12. The van der Waals surface area contributed by atoms with E-state index in [-0.39, 0.29) is 17.6 Å². The van der Waals surface area contributed by atoms with Crippen molar-refractivity contribution in [3.63, 3.8) is 0 Å². The van der Waals surface area contributed by atoms with Gasteiger partial charge in [0.2, 0.25) is 11.0 Å². The van der Waals surface area contributed by atoms with Crippen LogP contribution >= 0.6 is 46.3 Å². The van der Waals surface area contributed by atoms with Crippen molar-refractivity contribution in [2.75, 3.05) is 16.4 Å². The lowest BCUT2D eigenvalue weighted by molar-refractivity contribution is -0.113. The van der Waals surface area contributed by atoms with Gasteiger partial charge in [0.15, 0.2) is 4.34 Å². The van der Waals surface area contributed by atoms with E-state index in [9.17, 15) is 9.59 Å². The molecule has 0 aliphatic carbocycles. The number of benzene rings is 2. The first-order valence-electron chi connectivity index (χ1n) is 8.00. The lowest BCUT2D eigenvalue weighted by Gasteiger charge is -2.05. The van der Waals surface area contributed by atoms with Gasteiger partial charge in [-0.3, -0.25) is 14.9 Å². The molecule has 0 saturated carbocycles. The summed E-state index contributed by atoms with van der Waals surface area (Å²) >= 11 is 14.2. The van der Waals surface area contributed by atoms with Crippen LogP contribution in [0.25, 0.3) is 0 Å². The summed E-state index contributed by atoms with van der Waals surface area (Å²) < 4.78 is 0.573. The number of thioether (sulfide) groups is 1. The number of halogens is 2. The maximum Gasteiger partial charge on any atom is 0.257 e. The third-order valence-electron chi connectivity index (χ3n) is 3.44. The van der Waals surface area contributed by atoms with Crippen LogP contribution in [0.2, 0.25) is 10.0 Å². The molecule has 2 aromatic carbocycles. The Balaban J connectivity index is 1.52. The van der Waals surface area contributed by atoms with Gasteiger partial charge in [0.25, 0.3) is 5.91 Å². The fraction of sp³-hybridized carbons (Fsp3) is 0.111. The van der Waals surface area contributed by atoms with E-state index >= 15 is 0 Å². The molecule has 3 rings (SSSR count). The van der Waals surface area contributed by atoms with Crippen LogP contribution in [0.5, 0.6) is 0 Å². The second kappa shape index (κ2) is 9.38. The van der Waals surface area contributed by atoms with E-state index in [2.05, 4.69) is 20.8 Å². The second-order valence-electron chi connectivity index (χ2n) is 5.66. The van der Waals surface area contributed by atoms with Crippen molar-refractivity contribution in [1.29, 1.82) is 0 Å². The van der Waals surface area contributed by atoms with E-state index in [4.69, 9.17) is 23.2 Å². The molecule has 1 aromatic heterocycles. The Labute approximate surface area is 179 Å². The second-order valence-corrected chi connectivity index (χ2v) is 8.68. The van der Waals surface area contributed by atoms with Gasteiger partial charge in [-0.15, -0.1) is 10.2 Å². The van der Waals surface area contributed by atoms with Crippen molar-refractivity contribution in [3.8, 4) is 0 Å². The first kappa shape index (κ1) is 20.6. The minimum atomic E-state index is -0.256. The fourth-order valence-electron chi connectivity index (χ4n) is 2.17. The van der Waals surface area contributed by atoms with Gasteiger partial charge in [-0.1, -0.05) is 64.0 Å². The van der Waals surface area contributed by atoms with Crippen LogP contribution < -0.4 is 10.6 Å². The van der Waals surface area contributed by atoms with Crippen LogP contribution in [0.15, 0.2) is 46.8 Å². The average molecular weight is 453 g/mol. The van der Waals surface area contributed by atoms with E-state index in [0.717, 1.165) is 5.56 Å². The Morgan fingerprint density at radius 1 is 1.07 bits per heavy atom. The molecule has 1 heterocycles. The maximum atomic E-state index is 12.2. The van der Waals surface area contributed by atoms with Crippen molar-refractivity contribution in [2.24, 2.45) is 0 Å². The number of carbonyl (C=O) groups is 2. The van der Waals surface area contributed by atoms with Crippen LogP contribution in [-0.4, -0.2) is 27.8 Å². The Hall–Kier alpha value is -2.13. The van der Waals surface area contributed by atoms with Crippen LogP contribution in [-0.2, 0) is 4.79 Å². The highest BCUT2D eigenvalue weighted by atomic mass is 35.5. The fourth-order valence-corrected chi connectivity index (χ4v) is 4.02. The van der Waals surface area contributed by atoms with Gasteiger partial charge in [0, 0.05) is 11.3 Å². The predicted octanol–water partition coefficient (Wildman–Crippen LogP) is 5.14. The number of hydrogen-bond donors (Lipinski definition) is 2. The van der Waals surface area contributed by atoms with Gasteiger partial charge in [0.1, 0.15) is 0 Å². The summed E-state index contributed by atoms with van der Waals surface area (Å²) in [5.41, 5.74) is 2.10. The summed E-state index contributed by atoms with van der Waals surface area (Å²) in [5, 5.41) is 14.5. The van der Waals surface area contributed by atoms with Crippen molar-refractivity contribution >= 4 is 68.9 Å². The molecule has 0 fully saturated rings. The third-order valence-corrected chi connectivity index (χ3v) is 6.15. The molecule has 3 aromatic rings. The van der Waals surface area contributed by atoms with Gasteiger partial charge in [0.05, 0.1) is 15.8 Å². The van der Waals surface area contributed by atoms with Gasteiger partial charge >= 0.3 is 0 Å². The molecule has 0 radical (unpaired) electrons. The summed E-state index contributed by atoms with van der Waals surface area (Å²) in [6.45, 7) is 1.92. The molecule has 0 spiro atoms. The molecule has 144 valence electrons. The number of rotatable bonds is 6. The SMILES string of the molecule is Cc1cccc(C(=O)Nc2nnc(SCC(=O)Nc3ccc(Cl)c(Cl)c3)s2)c1. The molecule has 2 N–H and O–H groups in total. The largest absolute Gasteiger partial charge is 0.325 e. The molecule has 10 heteroatoms. The lowest BCUT2D eigenvalue weighted by Crippen LogP contribution is -2.13. The molecule has 0 bridgehead atoms. The van der Waals surface area contributed by atoms with E-state index < -0.39 is 0 Å². The molecule has 0 aliphatic heterocycles. The zero-order valence-corrected chi connectivity index (χ0v) is 17.7. The summed E-state index contributed by atoms with van der Waals surface area (Å²) in [4.78, 5) is 24.3. The summed E-state index contributed by atoms with van der Waals surface area (Å²) in [5.74, 6) is -0.335. The third kappa shape index (κ3) is 5.68. The summed E-state index contributed by atoms with van der Waals surface area (Å²) in [7, 11) is 0. The maximum absolute atomic E-state index is 12.2. The first-order valence-corrected chi connectivity index (χ1v) is 10.6. The number of nitrogens with zero attached hydrogens (tertiary/aromatic N) is 2. The van der Waals surface area contributed by atoms with Gasteiger partial charge in [-0.25, -0.2) is 0 Å². The predicted molar refractivity (Wildman–Crippen MR) is 115 cm³/mol. The number of amides is 2. The normalized spacial score (nSPS) is 10.5. The molecule has 0 aliphatic rings. The Bertz CT molecular complexity index is 1030. The molecular weight excluding hydrogens is 439 g/mol. The molecule has 28 heavy (non-hydrogen) atoms. The topological polar surface area (TPSA) is 84.0 Å². The Morgan fingerprint density at radius 2 is 1.89 bits per heavy atom. The van der Waals surface area contributed by atoms with E-state index in [1.165, 1.54) is 23.1 Å². The molecule has 0 unspecified atom stereocenters. The van der Waals surface area contributed by atoms with Crippen molar-refractivity contribution in [1.82, 2.24) is 10.2 Å². The molecular formula is C18H14Cl2N4O2S2. The van der Waals surface area contributed by atoms with Gasteiger partial charge in [-0.2, -0.15) is 0 Å². The van der Waals surface area contributed by atoms with E-state index in [1.807, 2.05) is 19.1 Å². The van der Waals surface area contributed by atoms with Crippen LogP contribution in [0, 0.1) is 6.92 Å². The standard InChI is InChI=1S/C18H14Cl2N4O2S2/c1-10-3-2-4-11(7-10)16(26)22-17-23-24-18(28-17)27-9-15(25)21-12-5-6-13(19)14(20)8-12/h2-8H,9H2,1H3,(H,21,25)(H,22,23,26). The zero-order chi connectivity index (χ0) is 20.1. The van der Waals surface area contributed by atoms with Crippen molar-refractivity contribution < 1.29 is 9.59 Å². The lowest BCUT2D eigenvalue weighted by atomic mass is 10.1. The Morgan fingerprint density at radius 3 is 2.64 bits per heavy atom. The molecule has 2 amide bonds. The average Bonchev–Trinajstić information content (AvgIpc) is 3.10. The number of aryl methyl sites for hydroxylation is 1. The molecule has 0 atom stereocenters. The quantitative estimate of drug-likeness (QED) is 0.399. The van der Waals surface area contributed by atoms with Crippen molar-refractivity contribution in [3.05, 3.63) is 63.6 Å². The van der Waals surface area contributed by atoms with E-state index in [1.54, 1.807) is 30.3 Å². The van der Waals surface area contributed by atoms with E-state index in [0.29, 0.717) is 30.8 Å². The smallest absolute Gasteiger partial charge is 0.257 e.